The van der Waals surface area contributed by atoms with Crippen LogP contribution in [0.5, 0.6) is 0 Å². The highest BCUT2D eigenvalue weighted by atomic mass is 28.3. The minimum atomic E-state index is -2.00. The third-order valence-corrected chi connectivity index (χ3v) is 25.5. The highest BCUT2D eigenvalue weighted by molar-refractivity contribution is 6.81. The summed E-state index contributed by atoms with van der Waals surface area (Å²) in [5.41, 5.74) is 0.358. The van der Waals surface area contributed by atoms with E-state index in [0.717, 1.165) is 32.1 Å². The molecular weight excluding hydrogens is 757 g/mol. The van der Waals surface area contributed by atoms with Crippen LogP contribution in [0.4, 0.5) is 0 Å². The van der Waals surface area contributed by atoms with Gasteiger partial charge < -0.3 is 9.47 Å². The van der Waals surface area contributed by atoms with E-state index in [-0.39, 0.29) is 29.8 Å². The summed E-state index contributed by atoms with van der Waals surface area (Å²) < 4.78 is 13.6. The predicted octanol–water partition coefficient (Wildman–Crippen LogP) is 18.4. The first-order chi connectivity index (χ1) is 28.7. The molecule has 0 spiro atoms. The molecule has 0 radical (unpaired) electrons. The molecule has 0 aromatic rings. The van der Waals surface area contributed by atoms with Crippen LogP contribution in [-0.2, 0) is 19.1 Å². The van der Waals surface area contributed by atoms with Crippen molar-refractivity contribution >= 4 is 28.1 Å². The van der Waals surface area contributed by atoms with Crippen molar-refractivity contribution in [1.82, 2.24) is 0 Å². The van der Waals surface area contributed by atoms with Gasteiger partial charge >= 0.3 is 11.9 Å². The van der Waals surface area contributed by atoms with E-state index < -0.39 is 16.1 Å². The average Bonchev–Trinajstić information content (AvgIpc) is 3.23. The van der Waals surface area contributed by atoms with Crippen LogP contribution >= 0.6 is 0 Å². The average molecular weight is 864 g/mol. The first kappa shape index (κ1) is 58.1. The number of ether oxygens (including phenoxy) is 2. The zero-order valence-electron chi connectivity index (χ0n) is 41.6. The molecule has 0 aliphatic carbocycles. The Balaban J connectivity index is 6.61. The largest absolute Gasteiger partial charge is 0.466 e. The zero-order chi connectivity index (χ0) is 43.9. The predicted molar refractivity (Wildman–Crippen MR) is 267 cm³/mol. The molecule has 0 amide bonds. The molecule has 0 heterocycles. The summed E-state index contributed by atoms with van der Waals surface area (Å²) in [6.07, 6.45) is 39.3. The fourth-order valence-corrected chi connectivity index (χ4v) is 21.5. The maximum Gasteiger partial charge on any atom is 0.333 e. The summed E-state index contributed by atoms with van der Waals surface area (Å²) in [5.74, 6) is -0.550. The molecule has 0 bridgehead atoms. The van der Waals surface area contributed by atoms with Crippen LogP contribution in [0, 0.1) is 0 Å². The monoisotopic (exact) mass is 863 g/mol. The van der Waals surface area contributed by atoms with Gasteiger partial charge in [0.05, 0.1) is 17.9 Å². The Morgan fingerprint density at radius 1 is 0.373 bits per heavy atom. The van der Waals surface area contributed by atoms with E-state index in [4.69, 9.17) is 9.47 Å². The first-order valence-corrected chi connectivity index (χ1v) is 32.2. The lowest BCUT2D eigenvalue weighted by molar-refractivity contribution is -0.149. The third-order valence-electron chi connectivity index (χ3n) is 13.8. The summed E-state index contributed by atoms with van der Waals surface area (Å²) >= 11 is 0. The third kappa shape index (κ3) is 27.7. The van der Waals surface area contributed by atoms with Gasteiger partial charge in [-0.3, -0.25) is 4.79 Å². The molecule has 350 valence electrons. The van der Waals surface area contributed by atoms with Gasteiger partial charge in [-0.2, -0.15) is 0 Å². The summed E-state index contributed by atoms with van der Waals surface area (Å²) in [6.45, 7) is 22.7. The van der Waals surface area contributed by atoms with E-state index in [1.807, 2.05) is 0 Å². The van der Waals surface area contributed by atoms with Crippen LogP contribution in [0.15, 0.2) is 12.2 Å². The molecule has 0 aliphatic rings. The minimum Gasteiger partial charge on any atom is -0.466 e. The summed E-state index contributed by atoms with van der Waals surface area (Å²) in [7, 11) is -3.97. The fraction of sp³-hybridized carbons (Fsp3) is 0.925. The maximum absolute atomic E-state index is 14.3. The summed E-state index contributed by atoms with van der Waals surface area (Å²) in [6, 6.07) is 7.64. The quantitative estimate of drug-likeness (QED) is 0.0265. The van der Waals surface area contributed by atoms with Gasteiger partial charge in [-0.25, -0.2) is 4.79 Å². The van der Waals surface area contributed by atoms with Crippen molar-refractivity contribution in [3.05, 3.63) is 12.2 Å². The molecule has 2 unspecified atom stereocenters. The number of hydrogen-bond donors (Lipinski definition) is 0. The maximum atomic E-state index is 14.3. The smallest absolute Gasteiger partial charge is 0.333 e. The second kappa shape index (κ2) is 39.9. The molecule has 0 saturated carbocycles. The molecule has 0 N–H and O–H groups in total. The van der Waals surface area contributed by atoms with Gasteiger partial charge in [-0.1, -0.05) is 291 Å². The molecule has 0 aliphatic heterocycles. The molecule has 2 atom stereocenters. The summed E-state index contributed by atoms with van der Waals surface area (Å²) in [5, 5.41) is 0. The second-order valence-electron chi connectivity index (χ2n) is 19.2. The van der Waals surface area contributed by atoms with Gasteiger partial charge in [-0.15, -0.1) is 0 Å². The van der Waals surface area contributed by atoms with Crippen LogP contribution in [0.2, 0.25) is 36.3 Å². The number of rotatable bonds is 45. The lowest BCUT2D eigenvalue weighted by Gasteiger charge is -2.40. The zero-order valence-corrected chi connectivity index (χ0v) is 43.6. The topological polar surface area (TPSA) is 52.6 Å². The van der Waals surface area contributed by atoms with E-state index >= 15 is 0 Å². The highest BCUT2D eigenvalue weighted by Gasteiger charge is 2.44. The Morgan fingerprint density at radius 3 is 0.898 bits per heavy atom. The van der Waals surface area contributed by atoms with Crippen LogP contribution < -0.4 is 0 Å². The van der Waals surface area contributed by atoms with E-state index in [2.05, 4.69) is 62.0 Å². The molecular formula is C53H106O4Si2. The number of esters is 2. The Kier molecular flexibility index (Phi) is 39.3. The molecule has 0 rings (SSSR count). The normalized spacial score (nSPS) is 13.1. The van der Waals surface area contributed by atoms with Crippen LogP contribution in [0.1, 0.15) is 267 Å². The van der Waals surface area contributed by atoms with Gasteiger partial charge in [0.1, 0.15) is 16.1 Å². The number of unbranched alkanes of at least 4 members (excludes halogenated alkanes) is 22. The van der Waals surface area contributed by atoms with Crippen molar-refractivity contribution in [3.63, 3.8) is 0 Å². The number of carbonyl (C=O) groups is 2. The Morgan fingerprint density at radius 2 is 0.627 bits per heavy atom. The lowest BCUT2D eigenvalue weighted by Crippen LogP contribution is -2.50. The molecule has 6 heteroatoms. The molecule has 0 aromatic carbocycles. The van der Waals surface area contributed by atoms with Crippen molar-refractivity contribution in [2.75, 3.05) is 0 Å². The second-order valence-corrected chi connectivity index (χ2v) is 29.0. The first-order valence-electron chi connectivity index (χ1n) is 26.8. The highest BCUT2D eigenvalue weighted by Crippen LogP contribution is 2.38. The van der Waals surface area contributed by atoms with Crippen molar-refractivity contribution < 1.29 is 19.1 Å². The standard InChI is InChI=1S/C53H106O4Si2/c1-10-18-26-34-42-58(43-35-27-19-11-2,44-36-28-20-12-3)51(40-32-24-16-7)56-50(54)48-49(9)53(55)57-52(41-33-25-17-8)59(45-37-29-21-13-4,46-38-30-22-14-5)47-39-31-23-15-6/h51-52H,9-48H2,1-8H3. The van der Waals surface area contributed by atoms with Crippen LogP contribution in [0.3, 0.4) is 0 Å². The van der Waals surface area contributed by atoms with Gasteiger partial charge in [0.15, 0.2) is 0 Å². The van der Waals surface area contributed by atoms with Gasteiger partial charge in [0.2, 0.25) is 0 Å². The van der Waals surface area contributed by atoms with Crippen molar-refractivity contribution in [2.45, 2.75) is 315 Å². The van der Waals surface area contributed by atoms with Crippen molar-refractivity contribution in [2.24, 2.45) is 0 Å². The molecule has 0 aromatic heterocycles. The molecule has 4 nitrogen and oxygen atoms in total. The van der Waals surface area contributed by atoms with Crippen molar-refractivity contribution in [3.8, 4) is 0 Å². The summed E-state index contributed by atoms with van der Waals surface area (Å²) in [4.78, 5) is 28.5. The van der Waals surface area contributed by atoms with Gasteiger partial charge in [0, 0.05) is 5.57 Å². The Hall–Kier alpha value is -0.886. The SMILES string of the molecule is C=C(CC(=O)OC(CCCCC)[Si](CCCCCC)(CCCCCC)CCCCCC)C(=O)OC(CCCCC)[Si](CCCCCC)(CCCCCC)CCCCCC. The molecule has 0 saturated heterocycles. The molecule has 0 fully saturated rings. The van der Waals surface area contributed by atoms with Gasteiger partial charge in [0.25, 0.3) is 0 Å². The minimum absolute atomic E-state index is 0.00964. The van der Waals surface area contributed by atoms with E-state index in [1.165, 1.54) is 210 Å². The van der Waals surface area contributed by atoms with Crippen LogP contribution in [-0.4, -0.2) is 39.5 Å². The number of carbonyl (C=O) groups excluding carboxylic acids is 2. The van der Waals surface area contributed by atoms with Crippen LogP contribution in [0.25, 0.3) is 0 Å². The van der Waals surface area contributed by atoms with Gasteiger partial charge in [-0.05, 0) is 12.8 Å². The Bertz CT molecular complexity index is 920. The Labute approximate surface area is 372 Å². The van der Waals surface area contributed by atoms with E-state index in [9.17, 15) is 9.59 Å². The number of hydrogen-bond acceptors (Lipinski definition) is 4. The van der Waals surface area contributed by atoms with E-state index in [0.29, 0.717) is 5.57 Å². The lowest BCUT2D eigenvalue weighted by atomic mass is 10.2. The van der Waals surface area contributed by atoms with Crippen molar-refractivity contribution in [1.29, 1.82) is 0 Å². The fourth-order valence-electron chi connectivity index (χ4n) is 9.94. The van der Waals surface area contributed by atoms with E-state index in [1.54, 1.807) is 0 Å². The molecule has 59 heavy (non-hydrogen) atoms.